The van der Waals surface area contributed by atoms with Crippen LogP contribution in [-0.2, 0) is 11.2 Å². The summed E-state index contributed by atoms with van der Waals surface area (Å²) in [6.07, 6.45) is 2.34. The summed E-state index contributed by atoms with van der Waals surface area (Å²) >= 11 is 0. The lowest BCUT2D eigenvalue weighted by molar-refractivity contribution is -0.122. The molecule has 1 rings (SSSR count). The third-order valence-corrected chi connectivity index (χ3v) is 3.10. The Morgan fingerprint density at radius 2 is 2.00 bits per heavy atom. The quantitative estimate of drug-likeness (QED) is 0.756. The molecule has 0 unspecified atom stereocenters. The number of ether oxygens (including phenoxy) is 2. The van der Waals surface area contributed by atoms with Crippen LogP contribution in [-0.4, -0.2) is 32.7 Å². The summed E-state index contributed by atoms with van der Waals surface area (Å²) in [7, 11) is 3.21. The molecule has 0 bridgehead atoms. The van der Waals surface area contributed by atoms with Gasteiger partial charge in [0.1, 0.15) is 0 Å². The van der Waals surface area contributed by atoms with E-state index in [4.69, 9.17) is 15.2 Å². The maximum absolute atomic E-state index is 11.7. The Kier molecular flexibility index (Phi) is 6.87. The van der Waals surface area contributed by atoms with Crippen LogP contribution in [0.1, 0.15) is 25.3 Å². The predicted molar refractivity (Wildman–Crippen MR) is 79.1 cm³/mol. The highest BCUT2D eigenvalue weighted by Gasteiger charge is 2.11. The number of amides is 1. The molecular weight excluding hydrogens is 256 g/mol. The smallest absolute Gasteiger partial charge is 0.236 e. The van der Waals surface area contributed by atoms with Gasteiger partial charge in [0.25, 0.3) is 0 Å². The Balaban J connectivity index is 2.48. The highest BCUT2D eigenvalue weighted by molar-refractivity contribution is 5.81. The predicted octanol–water partition coefficient (Wildman–Crippen LogP) is 1.49. The van der Waals surface area contributed by atoms with Crippen LogP contribution in [0.15, 0.2) is 18.2 Å². The largest absolute Gasteiger partial charge is 0.493 e. The van der Waals surface area contributed by atoms with Crippen LogP contribution in [0, 0.1) is 0 Å². The summed E-state index contributed by atoms with van der Waals surface area (Å²) in [6.45, 7) is 2.57. The molecule has 0 spiro atoms. The zero-order valence-electron chi connectivity index (χ0n) is 12.4. The van der Waals surface area contributed by atoms with Crippen LogP contribution in [0.4, 0.5) is 0 Å². The van der Waals surface area contributed by atoms with Crippen molar-refractivity contribution >= 4 is 5.91 Å². The van der Waals surface area contributed by atoms with E-state index in [0.29, 0.717) is 24.5 Å². The molecule has 5 heteroatoms. The van der Waals surface area contributed by atoms with Crippen molar-refractivity contribution in [2.45, 2.75) is 32.2 Å². The molecule has 20 heavy (non-hydrogen) atoms. The third-order valence-electron chi connectivity index (χ3n) is 3.10. The van der Waals surface area contributed by atoms with Gasteiger partial charge in [-0.15, -0.1) is 0 Å². The Bertz CT molecular complexity index is 435. The zero-order valence-corrected chi connectivity index (χ0v) is 12.4. The van der Waals surface area contributed by atoms with E-state index in [1.54, 1.807) is 14.2 Å². The Morgan fingerprint density at radius 1 is 1.30 bits per heavy atom. The maximum Gasteiger partial charge on any atom is 0.236 e. The van der Waals surface area contributed by atoms with Crippen molar-refractivity contribution in [3.05, 3.63) is 23.8 Å². The van der Waals surface area contributed by atoms with E-state index in [2.05, 4.69) is 5.32 Å². The molecule has 0 saturated carbocycles. The lowest BCUT2D eigenvalue weighted by atomic mass is 10.1. The lowest BCUT2D eigenvalue weighted by Crippen LogP contribution is -2.41. The van der Waals surface area contributed by atoms with E-state index in [-0.39, 0.29) is 5.91 Å². The molecule has 0 fully saturated rings. The van der Waals surface area contributed by atoms with E-state index in [9.17, 15) is 4.79 Å². The molecule has 1 amide bonds. The minimum atomic E-state index is -0.412. The lowest BCUT2D eigenvalue weighted by Gasteiger charge is -2.12. The van der Waals surface area contributed by atoms with Crippen LogP contribution in [0.2, 0.25) is 0 Å². The molecule has 0 radical (unpaired) electrons. The summed E-state index contributed by atoms with van der Waals surface area (Å²) in [5.74, 6) is 1.30. The van der Waals surface area contributed by atoms with Gasteiger partial charge < -0.3 is 20.5 Å². The Labute approximate surface area is 120 Å². The minimum absolute atomic E-state index is 0.0904. The van der Waals surface area contributed by atoms with Gasteiger partial charge in [-0.05, 0) is 30.5 Å². The average Bonchev–Trinajstić information content (AvgIpc) is 2.47. The number of carbonyl (C=O) groups excluding carboxylic acids is 1. The van der Waals surface area contributed by atoms with Crippen LogP contribution in [0.25, 0.3) is 0 Å². The SMILES string of the molecule is CCC[C@@H](N)C(=O)NCCc1ccc(OC)c(OC)c1. The molecule has 1 aromatic carbocycles. The van der Waals surface area contributed by atoms with Crippen molar-refractivity contribution in [3.63, 3.8) is 0 Å². The average molecular weight is 280 g/mol. The van der Waals surface area contributed by atoms with Crippen LogP contribution in [0.3, 0.4) is 0 Å². The van der Waals surface area contributed by atoms with Crippen molar-refractivity contribution in [1.82, 2.24) is 5.32 Å². The molecule has 1 atom stereocenters. The van der Waals surface area contributed by atoms with E-state index in [1.807, 2.05) is 25.1 Å². The second-order valence-electron chi connectivity index (χ2n) is 4.63. The number of nitrogens with one attached hydrogen (secondary N) is 1. The summed E-state index contributed by atoms with van der Waals surface area (Å²) in [5, 5.41) is 2.85. The molecule has 1 aromatic rings. The fourth-order valence-corrected chi connectivity index (χ4v) is 1.94. The Hall–Kier alpha value is -1.75. The van der Waals surface area contributed by atoms with Crippen molar-refractivity contribution < 1.29 is 14.3 Å². The van der Waals surface area contributed by atoms with Crippen molar-refractivity contribution in [2.24, 2.45) is 5.73 Å². The van der Waals surface area contributed by atoms with E-state index in [1.165, 1.54) is 0 Å². The molecule has 5 nitrogen and oxygen atoms in total. The molecule has 0 heterocycles. The fourth-order valence-electron chi connectivity index (χ4n) is 1.94. The molecular formula is C15H24N2O3. The van der Waals surface area contributed by atoms with E-state index in [0.717, 1.165) is 18.4 Å². The standard InChI is InChI=1S/C15H24N2O3/c1-4-5-12(16)15(18)17-9-8-11-6-7-13(19-2)14(10-11)20-3/h6-7,10,12H,4-5,8-9,16H2,1-3H3,(H,17,18)/t12-/m1/s1. The fraction of sp³-hybridized carbons (Fsp3) is 0.533. The first-order valence-electron chi connectivity index (χ1n) is 6.86. The number of rotatable bonds is 8. The second kappa shape index (κ2) is 8.43. The van der Waals surface area contributed by atoms with Crippen LogP contribution >= 0.6 is 0 Å². The summed E-state index contributed by atoms with van der Waals surface area (Å²) in [4.78, 5) is 11.7. The van der Waals surface area contributed by atoms with Crippen LogP contribution < -0.4 is 20.5 Å². The maximum atomic E-state index is 11.7. The first kappa shape index (κ1) is 16.3. The number of carbonyl (C=O) groups is 1. The van der Waals surface area contributed by atoms with Gasteiger partial charge in [0, 0.05) is 6.54 Å². The number of hydrogen-bond donors (Lipinski definition) is 2. The van der Waals surface area contributed by atoms with E-state index < -0.39 is 6.04 Å². The summed E-state index contributed by atoms with van der Waals surface area (Å²) in [5.41, 5.74) is 6.82. The first-order valence-corrected chi connectivity index (χ1v) is 6.86. The molecule has 3 N–H and O–H groups in total. The minimum Gasteiger partial charge on any atom is -0.493 e. The highest BCUT2D eigenvalue weighted by atomic mass is 16.5. The summed E-state index contributed by atoms with van der Waals surface area (Å²) < 4.78 is 10.4. The van der Waals surface area contributed by atoms with Crippen molar-refractivity contribution in [1.29, 1.82) is 0 Å². The van der Waals surface area contributed by atoms with Gasteiger partial charge in [0.2, 0.25) is 5.91 Å². The number of methoxy groups -OCH3 is 2. The van der Waals surface area contributed by atoms with Crippen molar-refractivity contribution in [3.8, 4) is 11.5 Å². The molecule has 112 valence electrons. The molecule has 0 aromatic heterocycles. The van der Waals surface area contributed by atoms with Gasteiger partial charge in [-0.3, -0.25) is 4.79 Å². The molecule has 0 saturated heterocycles. The summed E-state index contributed by atoms with van der Waals surface area (Å²) in [6, 6.07) is 5.32. The van der Waals surface area contributed by atoms with Gasteiger partial charge in [0.15, 0.2) is 11.5 Å². The monoisotopic (exact) mass is 280 g/mol. The Morgan fingerprint density at radius 3 is 2.60 bits per heavy atom. The second-order valence-corrected chi connectivity index (χ2v) is 4.63. The third kappa shape index (κ3) is 4.74. The van der Waals surface area contributed by atoms with Gasteiger partial charge in [-0.25, -0.2) is 0 Å². The van der Waals surface area contributed by atoms with Gasteiger partial charge >= 0.3 is 0 Å². The topological polar surface area (TPSA) is 73.6 Å². The molecule has 0 aliphatic heterocycles. The molecule has 0 aliphatic rings. The highest BCUT2D eigenvalue weighted by Crippen LogP contribution is 2.27. The van der Waals surface area contributed by atoms with Gasteiger partial charge in [-0.1, -0.05) is 19.4 Å². The van der Waals surface area contributed by atoms with Crippen LogP contribution in [0.5, 0.6) is 11.5 Å². The van der Waals surface area contributed by atoms with Crippen molar-refractivity contribution in [2.75, 3.05) is 20.8 Å². The first-order chi connectivity index (χ1) is 9.62. The van der Waals surface area contributed by atoms with Gasteiger partial charge in [0.05, 0.1) is 20.3 Å². The normalized spacial score (nSPS) is 11.8. The van der Waals surface area contributed by atoms with Gasteiger partial charge in [-0.2, -0.15) is 0 Å². The number of benzene rings is 1. The van der Waals surface area contributed by atoms with E-state index >= 15 is 0 Å². The molecule has 0 aliphatic carbocycles. The number of hydrogen-bond acceptors (Lipinski definition) is 4. The number of nitrogens with two attached hydrogens (primary N) is 1. The zero-order chi connectivity index (χ0) is 15.0.